The lowest BCUT2D eigenvalue weighted by molar-refractivity contribution is -0.122. The lowest BCUT2D eigenvalue weighted by Crippen LogP contribution is -2.56. The van der Waals surface area contributed by atoms with E-state index < -0.39 is 0 Å². The summed E-state index contributed by atoms with van der Waals surface area (Å²) in [4.78, 5) is 11.6. The lowest BCUT2D eigenvalue weighted by atomic mass is 9.85. The average Bonchev–Trinajstić information content (AvgIpc) is 2.42. The van der Waals surface area contributed by atoms with E-state index in [9.17, 15) is 10.0 Å². The van der Waals surface area contributed by atoms with Crippen LogP contribution in [0.1, 0.15) is 70.6 Å². The third-order valence-corrected chi connectivity index (χ3v) is 4.70. The highest BCUT2D eigenvalue weighted by molar-refractivity contribution is 5.76. The van der Waals surface area contributed by atoms with Crippen LogP contribution in [-0.2, 0) is 4.79 Å². The van der Waals surface area contributed by atoms with Gasteiger partial charge in [0.2, 0.25) is 5.91 Å². The van der Waals surface area contributed by atoms with E-state index in [2.05, 4.69) is 5.32 Å². The van der Waals surface area contributed by atoms with Gasteiger partial charge < -0.3 is 15.6 Å². The number of unbranched alkanes of at least 4 members (excludes halogenated alkanes) is 3. The Morgan fingerprint density at radius 1 is 1.05 bits per heavy atom. The summed E-state index contributed by atoms with van der Waals surface area (Å²) >= 11 is 0. The third-order valence-electron chi connectivity index (χ3n) is 4.70. The van der Waals surface area contributed by atoms with Gasteiger partial charge in [0, 0.05) is 19.5 Å². The van der Waals surface area contributed by atoms with E-state index in [1.54, 1.807) is 0 Å². The van der Waals surface area contributed by atoms with Crippen molar-refractivity contribution in [1.29, 1.82) is 0 Å². The van der Waals surface area contributed by atoms with Crippen molar-refractivity contribution < 1.29 is 4.79 Å². The second kappa shape index (κ2) is 8.63. The molecule has 1 aliphatic carbocycles. The van der Waals surface area contributed by atoms with Crippen LogP contribution < -0.4 is 5.32 Å². The van der Waals surface area contributed by atoms with E-state index in [0.29, 0.717) is 19.5 Å². The first-order valence-electron chi connectivity index (χ1n) is 8.45. The van der Waals surface area contributed by atoms with Crippen molar-refractivity contribution in [3.63, 3.8) is 0 Å². The third kappa shape index (κ3) is 5.80. The van der Waals surface area contributed by atoms with Crippen molar-refractivity contribution in [3.8, 4) is 0 Å². The minimum absolute atomic E-state index is 0.103. The molecule has 0 spiro atoms. The van der Waals surface area contributed by atoms with Gasteiger partial charge in [0.05, 0.1) is 6.04 Å². The molecule has 0 aromatic carbocycles. The van der Waals surface area contributed by atoms with E-state index >= 15 is 0 Å². The summed E-state index contributed by atoms with van der Waals surface area (Å²) in [6.07, 6.45) is 14.0. The van der Waals surface area contributed by atoms with Gasteiger partial charge in [-0.3, -0.25) is 4.79 Å². The fourth-order valence-electron chi connectivity index (χ4n) is 3.38. The van der Waals surface area contributed by atoms with Gasteiger partial charge >= 0.3 is 0 Å². The molecule has 1 N–H and O–H groups in total. The fourth-order valence-corrected chi connectivity index (χ4v) is 3.38. The highest BCUT2D eigenvalue weighted by Crippen LogP contribution is 2.28. The van der Waals surface area contributed by atoms with E-state index in [4.69, 9.17) is 0 Å². The zero-order valence-electron chi connectivity index (χ0n) is 12.6. The molecule has 20 heavy (non-hydrogen) atoms. The molecule has 0 unspecified atom stereocenters. The average molecular weight is 281 g/mol. The smallest absolute Gasteiger partial charge is 0.220 e. The van der Waals surface area contributed by atoms with Crippen LogP contribution in [-0.4, -0.2) is 30.1 Å². The Hall–Kier alpha value is -0.610. The van der Waals surface area contributed by atoms with Crippen LogP contribution in [0, 0.1) is 11.1 Å². The van der Waals surface area contributed by atoms with Crippen molar-refractivity contribution in [2.45, 2.75) is 76.7 Å². The van der Waals surface area contributed by atoms with Gasteiger partial charge in [-0.05, 0) is 12.3 Å². The maximum absolute atomic E-state index is 11.6. The summed E-state index contributed by atoms with van der Waals surface area (Å²) in [5.41, 5.74) is 0. The predicted molar refractivity (Wildman–Crippen MR) is 81.1 cm³/mol. The van der Waals surface area contributed by atoms with Crippen molar-refractivity contribution in [3.05, 3.63) is 5.21 Å². The predicted octanol–water partition coefficient (Wildman–Crippen LogP) is 3.21. The van der Waals surface area contributed by atoms with Crippen LogP contribution in [0.2, 0.25) is 0 Å². The minimum atomic E-state index is 0.103. The van der Waals surface area contributed by atoms with Crippen LogP contribution in [0.15, 0.2) is 0 Å². The summed E-state index contributed by atoms with van der Waals surface area (Å²) in [6.45, 7) is 0.931. The first-order valence-corrected chi connectivity index (χ1v) is 8.45. The SMILES string of the molecule is O=C(CCCCCCC1CCCCC1)NC1CN([O-])C1. The highest BCUT2D eigenvalue weighted by Gasteiger charge is 2.20. The normalized spacial score (nSPS) is 21.6. The molecule has 0 aromatic heterocycles. The Morgan fingerprint density at radius 3 is 2.45 bits per heavy atom. The molecule has 0 atom stereocenters. The maximum atomic E-state index is 11.6. The van der Waals surface area contributed by atoms with Gasteiger partial charge in [0.1, 0.15) is 0 Å². The van der Waals surface area contributed by atoms with Crippen molar-refractivity contribution in [2.24, 2.45) is 5.92 Å². The van der Waals surface area contributed by atoms with Crippen molar-refractivity contribution >= 4 is 5.91 Å². The molecule has 2 fully saturated rings. The second-order valence-corrected chi connectivity index (χ2v) is 6.57. The summed E-state index contributed by atoms with van der Waals surface area (Å²) in [6, 6.07) is 0.103. The number of amides is 1. The summed E-state index contributed by atoms with van der Waals surface area (Å²) < 4.78 is 0. The van der Waals surface area contributed by atoms with Gasteiger partial charge in [0.15, 0.2) is 0 Å². The molecule has 2 rings (SSSR count). The molecule has 0 bridgehead atoms. The molecule has 2 aliphatic rings. The molecule has 1 saturated heterocycles. The largest absolute Gasteiger partial charge is 0.785 e. The number of hydrogen-bond donors (Lipinski definition) is 1. The zero-order chi connectivity index (χ0) is 14.2. The van der Waals surface area contributed by atoms with E-state index in [-0.39, 0.29) is 11.9 Å². The molecular formula is C16H29N2O2-. The molecular weight excluding hydrogens is 252 g/mol. The molecule has 0 aromatic rings. The molecule has 1 aliphatic heterocycles. The Morgan fingerprint density at radius 2 is 1.75 bits per heavy atom. The number of hydrogen-bond acceptors (Lipinski definition) is 3. The molecule has 4 nitrogen and oxygen atoms in total. The summed E-state index contributed by atoms with van der Waals surface area (Å²) in [7, 11) is 0. The molecule has 1 amide bonds. The first kappa shape index (κ1) is 15.8. The van der Waals surface area contributed by atoms with Crippen molar-refractivity contribution in [1.82, 2.24) is 10.4 Å². The summed E-state index contributed by atoms with van der Waals surface area (Å²) in [5.74, 6) is 1.11. The first-order chi connectivity index (χ1) is 9.74. The van der Waals surface area contributed by atoms with Gasteiger partial charge in [-0.1, -0.05) is 57.8 Å². The number of nitrogens with one attached hydrogen (secondary N) is 1. The topological polar surface area (TPSA) is 55.4 Å². The molecule has 0 radical (unpaired) electrons. The van der Waals surface area contributed by atoms with Crippen molar-refractivity contribution in [2.75, 3.05) is 13.1 Å². The van der Waals surface area contributed by atoms with E-state index in [0.717, 1.165) is 17.4 Å². The van der Waals surface area contributed by atoms with Crippen LogP contribution in [0.25, 0.3) is 0 Å². The molecule has 1 heterocycles. The summed E-state index contributed by atoms with van der Waals surface area (Å²) in [5, 5.41) is 14.6. The number of rotatable bonds is 8. The van der Waals surface area contributed by atoms with Crippen LogP contribution in [0.3, 0.4) is 0 Å². The highest BCUT2D eigenvalue weighted by atomic mass is 16.5. The quantitative estimate of drug-likeness (QED) is 0.695. The Balaban J connectivity index is 1.38. The van der Waals surface area contributed by atoms with Gasteiger partial charge in [-0.15, -0.1) is 0 Å². The fraction of sp³-hybridized carbons (Fsp3) is 0.938. The molecule has 1 saturated carbocycles. The monoisotopic (exact) mass is 281 g/mol. The number of hydroxylamine groups is 2. The van der Waals surface area contributed by atoms with E-state index in [1.165, 1.54) is 57.8 Å². The van der Waals surface area contributed by atoms with Gasteiger partial charge in [0.25, 0.3) is 0 Å². The molecule has 116 valence electrons. The second-order valence-electron chi connectivity index (χ2n) is 6.57. The zero-order valence-corrected chi connectivity index (χ0v) is 12.6. The Labute approximate surface area is 122 Å². The van der Waals surface area contributed by atoms with Gasteiger partial charge in [-0.25, -0.2) is 0 Å². The standard InChI is InChI=1S/C16H29N2O2/c19-16(17-15-12-18(20)13-15)11-7-2-1-4-8-14-9-5-3-6-10-14/h14-15H,1-13H2,(H,17,19)/q-1. The number of carbonyl (C=O) groups is 1. The minimum Gasteiger partial charge on any atom is -0.785 e. The lowest BCUT2D eigenvalue weighted by Gasteiger charge is -2.44. The maximum Gasteiger partial charge on any atom is 0.220 e. The Kier molecular flexibility index (Phi) is 6.80. The van der Waals surface area contributed by atoms with Gasteiger partial charge in [-0.2, -0.15) is 0 Å². The van der Waals surface area contributed by atoms with Crippen LogP contribution >= 0.6 is 0 Å². The number of nitrogens with zero attached hydrogens (tertiary/aromatic N) is 1. The number of carbonyl (C=O) groups excluding carboxylic acids is 1. The van der Waals surface area contributed by atoms with E-state index in [1.807, 2.05) is 0 Å². The van der Waals surface area contributed by atoms with Crippen LogP contribution in [0.5, 0.6) is 0 Å². The Bertz CT molecular complexity index is 284. The van der Waals surface area contributed by atoms with Crippen LogP contribution in [0.4, 0.5) is 0 Å². The molecule has 4 heteroatoms.